The van der Waals surface area contributed by atoms with Gasteiger partial charge in [-0.1, -0.05) is 0 Å². The topological polar surface area (TPSA) is 29.5 Å². The molecule has 1 N–H and O–H groups in total. The van der Waals surface area contributed by atoms with Gasteiger partial charge >= 0.3 is 0 Å². The molecule has 1 aromatic rings. The molecule has 0 amide bonds. The van der Waals surface area contributed by atoms with E-state index >= 15 is 0 Å². The Morgan fingerprint density at radius 2 is 2.00 bits per heavy atom. The van der Waals surface area contributed by atoms with Gasteiger partial charge in [0.1, 0.15) is 5.82 Å². The van der Waals surface area contributed by atoms with Gasteiger partial charge in [0.15, 0.2) is 11.6 Å². The van der Waals surface area contributed by atoms with E-state index in [1.807, 2.05) is 0 Å². The highest BCUT2D eigenvalue weighted by atomic mass is 19.1. The zero-order valence-corrected chi connectivity index (χ0v) is 8.71. The molecule has 2 unspecified atom stereocenters. The molecule has 0 saturated carbocycles. The zero-order chi connectivity index (χ0) is 11.4. The Morgan fingerprint density at radius 3 is 2.53 bits per heavy atom. The van der Waals surface area contributed by atoms with E-state index in [0.717, 1.165) is 12.1 Å². The van der Waals surface area contributed by atoms with Crippen molar-refractivity contribution in [2.45, 2.75) is 32.5 Å². The Hall–Kier alpha value is -1.16. The van der Waals surface area contributed by atoms with E-state index in [1.165, 1.54) is 6.07 Å². The van der Waals surface area contributed by atoms with Crippen LogP contribution in [0, 0.1) is 11.6 Å². The number of benzene rings is 1. The fourth-order valence-corrected chi connectivity index (χ4v) is 1.32. The molecule has 0 spiro atoms. The van der Waals surface area contributed by atoms with Gasteiger partial charge in [0.05, 0.1) is 12.2 Å². The molecule has 84 valence electrons. The second-order valence-electron chi connectivity index (χ2n) is 3.59. The van der Waals surface area contributed by atoms with Crippen LogP contribution in [-0.2, 0) is 0 Å². The number of hydrogen-bond acceptors (Lipinski definition) is 2. The van der Waals surface area contributed by atoms with Crippen molar-refractivity contribution < 1.29 is 18.6 Å². The lowest BCUT2D eigenvalue weighted by atomic mass is 10.2. The van der Waals surface area contributed by atoms with Crippen LogP contribution in [0.1, 0.15) is 20.3 Å². The monoisotopic (exact) mass is 216 g/mol. The summed E-state index contributed by atoms with van der Waals surface area (Å²) in [5.41, 5.74) is 0. The Bertz CT molecular complexity index is 326. The van der Waals surface area contributed by atoms with E-state index in [0.29, 0.717) is 6.42 Å². The maximum absolute atomic E-state index is 13.1. The molecule has 2 atom stereocenters. The lowest BCUT2D eigenvalue weighted by Crippen LogP contribution is -2.18. The molecule has 1 aromatic carbocycles. The summed E-state index contributed by atoms with van der Waals surface area (Å²) in [7, 11) is 0. The Labute approximate surface area is 87.5 Å². The molecule has 2 nitrogen and oxygen atoms in total. The normalized spacial score (nSPS) is 14.7. The smallest absolute Gasteiger partial charge is 0.167 e. The molecule has 0 aromatic heterocycles. The van der Waals surface area contributed by atoms with E-state index < -0.39 is 17.7 Å². The van der Waals surface area contributed by atoms with Crippen molar-refractivity contribution in [2.24, 2.45) is 0 Å². The van der Waals surface area contributed by atoms with E-state index in [4.69, 9.17) is 9.84 Å². The molecule has 0 aliphatic carbocycles. The van der Waals surface area contributed by atoms with Crippen molar-refractivity contribution in [1.29, 1.82) is 0 Å². The van der Waals surface area contributed by atoms with Crippen LogP contribution in [0.4, 0.5) is 8.78 Å². The fraction of sp³-hybridized carbons (Fsp3) is 0.455. The summed E-state index contributed by atoms with van der Waals surface area (Å²) in [5.74, 6) is -1.36. The van der Waals surface area contributed by atoms with Crippen LogP contribution in [0.25, 0.3) is 0 Å². The van der Waals surface area contributed by atoms with Crippen LogP contribution >= 0.6 is 0 Å². The van der Waals surface area contributed by atoms with Gasteiger partial charge in [0.2, 0.25) is 0 Å². The van der Waals surface area contributed by atoms with Crippen LogP contribution in [0.2, 0.25) is 0 Å². The van der Waals surface area contributed by atoms with E-state index in [1.54, 1.807) is 13.8 Å². The largest absolute Gasteiger partial charge is 0.488 e. The molecule has 0 bridgehead atoms. The SMILES string of the molecule is CC(O)CC(C)Oc1ccc(F)cc1F. The fourth-order valence-electron chi connectivity index (χ4n) is 1.32. The lowest BCUT2D eigenvalue weighted by Gasteiger charge is -2.16. The number of hydrogen-bond donors (Lipinski definition) is 1. The summed E-state index contributed by atoms with van der Waals surface area (Å²) in [6.45, 7) is 3.34. The van der Waals surface area contributed by atoms with E-state index in [9.17, 15) is 8.78 Å². The van der Waals surface area contributed by atoms with Crippen LogP contribution in [0.3, 0.4) is 0 Å². The number of aliphatic hydroxyl groups is 1. The van der Waals surface area contributed by atoms with Crippen molar-refractivity contribution in [3.8, 4) is 5.75 Å². The van der Waals surface area contributed by atoms with Crippen molar-refractivity contribution in [3.05, 3.63) is 29.8 Å². The highest BCUT2D eigenvalue weighted by Gasteiger charge is 2.11. The molecule has 4 heteroatoms. The molecule has 0 fully saturated rings. The standard InChI is InChI=1S/C11H14F2O2/c1-7(14)5-8(2)15-11-4-3-9(12)6-10(11)13/h3-4,6-8,14H,5H2,1-2H3. The van der Waals surface area contributed by atoms with Gasteiger partial charge in [0, 0.05) is 12.5 Å². The van der Waals surface area contributed by atoms with Gasteiger partial charge in [0.25, 0.3) is 0 Å². The summed E-state index contributed by atoms with van der Waals surface area (Å²) in [5, 5.41) is 9.08. The number of rotatable bonds is 4. The summed E-state index contributed by atoms with van der Waals surface area (Å²) in [6, 6.07) is 3.14. The second kappa shape index (κ2) is 5.07. The van der Waals surface area contributed by atoms with E-state index in [2.05, 4.69) is 0 Å². The molecule has 0 heterocycles. The van der Waals surface area contributed by atoms with Crippen LogP contribution in [0.5, 0.6) is 5.75 Å². The summed E-state index contributed by atoms with van der Waals surface area (Å²) < 4.78 is 30.9. The van der Waals surface area contributed by atoms with Crippen molar-refractivity contribution in [3.63, 3.8) is 0 Å². The van der Waals surface area contributed by atoms with Crippen LogP contribution in [0.15, 0.2) is 18.2 Å². The third kappa shape index (κ3) is 3.83. The van der Waals surface area contributed by atoms with Crippen LogP contribution < -0.4 is 4.74 Å². The molecule has 0 radical (unpaired) electrons. The Morgan fingerprint density at radius 1 is 1.33 bits per heavy atom. The highest BCUT2D eigenvalue weighted by molar-refractivity contribution is 5.24. The van der Waals surface area contributed by atoms with E-state index in [-0.39, 0.29) is 11.9 Å². The predicted octanol–water partition coefficient (Wildman–Crippen LogP) is 2.50. The number of aliphatic hydroxyl groups excluding tert-OH is 1. The summed E-state index contributed by atoms with van der Waals surface area (Å²) >= 11 is 0. The summed E-state index contributed by atoms with van der Waals surface area (Å²) in [4.78, 5) is 0. The van der Waals surface area contributed by atoms with Crippen LogP contribution in [-0.4, -0.2) is 17.3 Å². The molecule has 0 saturated heterocycles. The minimum Gasteiger partial charge on any atom is -0.488 e. The lowest BCUT2D eigenvalue weighted by molar-refractivity contribution is 0.112. The zero-order valence-electron chi connectivity index (χ0n) is 8.71. The molecular formula is C11H14F2O2. The van der Waals surface area contributed by atoms with Crippen molar-refractivity contribution in [2.75, 3.05) is 0 Å². The highest BCUT2D eigenvalue weighted by Crippen LogP contribution is 2.19. The average Bonchev–Trinajstić information content (AvgIpc) is 2.08. The Balaban J connectivity index is 2.64. The number of halogens is 2. The molecule has 0 aliphatic heterocycles. The first-order valence-electron chi connectivity index (χ1n) is 4.79. The molecule has 0 aliphatic rings. The minimum absolute atomic E-state index is 0.00421. The average molecular weight is 216 g/mol. The van der Waals surface area contributed by atoms with Gasteiger partial charge in [-0.3, -0.25) is 0 Å². The predicted molar refractivity (Wildman–Crippen MR) is 52.7 cm³/mol. The molecule has 1 rings (SSSR count). The summed E-state index contributed by atoms with van der Waals surface area (Å²) in [6.07, 6.45) is -0.426. The first-order valence-corrected chi connectivity index (χ1v) is 4.79. The minimum atomic E-state index is -0.729. The maximum Gasteiger partial charge on any atom is 0.167 e. The van der Waals surface area contributed by atoms with Gasteiger partial charge in [-0.05, 0) is 26.0 Å². The first kappa shape index (κ1) is 11.9. The maximum atomic E-state index is 13.1. The Kier molecular flexibility index (Phi) is 4.03. The third-order valence-electron chi connectivity index (χ3n) is 1.90. The van der Waals surface area contributed by atoms with Gasteiger partial charge in [-0.25, -0.2) is 8.78 Å². The van der Waals surface area contributed by atoms with Crippen molar-refractivity contribution in [1.82, 2.24) is 0 Å². The van der Waals surface area contributed by atoms with Crippen molar-refractivity contribution >= 4 is 0 Å². The van der Waals surface area contributed by atoms with Gasteiger partial charge in [-0.15, -0.1) is 0 Å². The first-order chi connectivity index (χ1) is 6.99. The molecular weight excluding hydrogens is 202 g/mol. The second-order valence-corrected chi connectivity index (χ2v) is 3.59. The van der Waals surface area contributed by atoms with Gasteiger partial charge in [-0.2, -0.15) is 0 Å². The quantitative estimate of drug-likeness (QED) is 0.837. The number of ether oxygens (including phenoxy) is 1. The molecule has 15 heavy (non-hydrogen) atoms. The van der Waals surface area contributed by atoms with Gasteiger partial charge < -0.3 is 9.84 Å². The third-order valence-corrected chi connectivity index (χ3v) is 1.90.